The molecular weight excluding hydrogens is 214 g/mol. The molecule has 0 spiro atoms. The fourth-order valence-electron chi connectivity index (χ4n) is 1.47. The van der Waals surface area contributed by atoms with Crippen LogP contribution in [0.2, 0.25) is 5.02 Å². The summed E-state index contributed by atoms with van der Waals surface area (Å²) in [5, 5.41) is 18.1. The fourth-order valence-corrected chi connectivity index (χ4v) is 1.71. The van der Waals surface area contributed by atoms with E-state index in [9.17, 15) is 4.79 Å². The second kappa shape index (κ2) is 4.81. The molecule has 1 aromatic rings. The first-order valence-corrected chi connectivity index (χ1v) is 4.89. The highest BCUT2D eigenvalue weighted by Crippen LogP contribution is 2.22. The Labute approximate surface area is 92.9 Å². The average molecular weight is 224 g/mol. The summed E-state index contributed by atoms with van der Waals surface area (Å²) >= 11 is 5.82. The van der Waals surface area contributed by atoms with Crippen LogP contribution in [0.3, 0.4) is 0 Å². The zero-order valence-electron chi connectivity index (χ0n) is 8.25. The molecule has 1 rings (SSSR count). The summed E-state index contributed by atoms with van der Waals surface area (Å²) in [5.74, 6) is -0.941. The molecule has 78 valence electrons. The molecule has 1 aromatic carbocycles. The Kier molecular flexibility index (Phi) is 3.70. The Balaban J connectivity index is 3.31. The molecule has 0 aromatic heterocycles. The minimum absolute atomic E-state index is 0.136. The number of hydrogen-bond acceptors (Lipinski definition) is 2. The van der Waals surface area contributed by atoms with E-state index in [4.69, 9.17) is 22.0 Å². The van der Waals surface area contributed by atoms with Crippen molar-refractivity contribution in [3.05, 3.63) is 33.8 Å². The number of benzene rings is 1. The normalized spacial score (nSPS) is 9.67. The van der Waals surface area contributed by atoms with Gasteiger partial charge in [0.25, 0.3) is 0 Å². The third-order valence-electron chi connectivity index (χ3n) is 2.14. The van der Waals surface area contributed by atoms with Crippen LogP contribution in [0.15, 0.2) is 12.1 Å². The number of aliphatic carboxylic acids is 1. The fraction of sp³-hybridized carbons (Fsp3) is 0.273. The first-order chi connectivity index (χ1) is 7.08. The first-order valence-electron chi connectivity index (χ1n) is 4.51. The van der Waals surface area contributed by atoms with Crippen molar-refractivity contribution in [3.63, 3.8) is 0 Å². The van der Waals surface area contributed by atoms with E-state index in [1.807, 2.05) is 13.0 Å². The van der Waals surface area contributed by atoms with Crippen molar-refractivity contribution in [1.29, 1.82) is 5.26 Å². The maximum absolute atomic E-state index is 10.6. The lowest BCUT2D eigenvalue weighted by Crippen LogP contribution is -2.06. The maximum Gasteiger partial charge on any atom is 0.307 e. The van der Waals surface area contributed by atoms with Gasteiger partial charge < -0.3 is 5.11 Å². The van der Waals surface area contributed by atoms with Crippen LogP contribution in [0.5, 0.6) is 0 Å². The lowest BCUT2D eigenvalue weighted by molar-refractivity contribution is -0.136. The van der Waals surface area contributed by atoms with Crippen LogP contribution < -0.4 is 0 Å². The third-order valence-corrected chi connectivity index (χ3v) is 2.35. The average Bonchev–Trinajstić information content (AvgIpc) is 2.19. The first kappa shape index (κ1) is 11.5. The van der Waals surface area contributed by atoms with Gasteiger partial charge >= 0.3 is 5.97 Å². The Hall–Kier alpha value is -1.53. The van der Waals surface area contributed by atoms with E-state index in [-0.39, 0.29) is 6.42 Å². The smallest absolute Gasteiger partial charge is 0.307 e. The Morgan fingerprint density at radius 2 is 2.27 bits per heavy atom. The van der Waals surface area contributed by atoms with Gasteiger partial charge in [0.05, 0.1) is 18.1 Å². The molecule has 0 aliphatic carbocycles. The highest BCUT2D eigenvalue weighted by Gasteiger charge is 2.12. The van der Waals surface area contributed by atoms with Gasteiger partial charge in [-0.3, -0.25) is 4.79 Å². The van der Waals surface area contributed by atoms with Gasteiger partial charge in [-0.25, -0.2) is 0 Å². The van der Waals surface area contributed by atoms with Crippen LogP contribution >= 0.6 is 11.6 Å². The molecule has 0 fully saturated rings. The quantitative estimate of drug-likeness (QED) is 0.856. The molecule has 0 aliphatic heterocycles. The zero-order valence-corrected chi connectivity index (χ0v) is 9.01. The molecular formula is C11H10ClNO2. The molecule has 15 heavy (non-hydrogen) atoms. The molecule has 0 saturated heterocycles. The number of nitrogens with zero attached hydrogens (tertiary/aromatic N) is 1. The highest BCUT2D eigenvalue weighted by molar-refractivity contribution is 6.30. The number of nitriles is 1. The molecule has 1 N–H and O–H groups in total. The number of halogens is 1. The van der Waals surface area contributed by atoms with Crippen molar-refractivity contribution < 1.29 is 9.90 Å². The van der Waals surface area contributed by atoms with E-state index in [1.54, 1.807) is 6.07 Å². The Morgan fingerprint density at radius 3 is 2.73 bits per heavy atom. The van der Waals surface area contributed by atoms with Gasteiger partial charge in [0, 0.05) is 5.02 Å². The highest BCUT2D eigenvalue weighted by atomic mass is 35.5. The van der Waals surface area contributed by atoms with Crippen molar-refractivity contribution in [2.24, 2.45) is 0 Å². The predicted molar refractivity (Wildman–Crippen MR) is 56.9 cm³/mol. The molecule has 0 atom stereocenters. The van der Waals surface area contributed by atoms with Crippen LogP contribution in [0, 0.1) is 11.3 Å². The van der Waals surface area contributed by atoms with Crippen molar-refractivity contribution in [1.82, 2.24) is 0 Å². The van der Waals surface area contributed by atoms with Crippen molar-refractivity contribution in [2.75, 3.05) is 0 Å². The number of aryl methyl sites for hydroxylation is 1. The summed E-state index contributed by atoms with van der Waals surface area (Å²) in [6.45, 7) is 1.90. The minimum Gasteiger partial charge on any atom is -0.481 e. The minimum atomic E-state index is -0.941. The number of hydrogen-bond donors (Lipinski definition) is 1. The summed E-state index contributed by atoms with van der Waals surface area (Å²) in [6.07, 6.45) is 0.529. The Bertz CT molecular complexity index is 435. The summed E-state index contributed by atoms with van der Waals surface area (Å²) in [7, 11) is 0. The zero-order chi connectivity index (χ0) is 11.4. The summed E-state index contributed by atoms with van der Waals surface area (Å²) in [5.41, 5.74) is 1.74. The number of carboxylic acids is 1. The van der Waals surface area contributed by atoms with Gasteiger partial charge in [0.2, 0.25) is 0 Å². The van der Waals surface area contributed by atoms with Crippen molar-refractivity contribution in [2.45, 2.75) is 19.8 Å². The summed E-state index contributed by atoms with van der Waals surface area (Å²) in [4.78, 5) is 10.6. The SMILES string of the molecule is CCc1cc(Cl)cc(C#N)c1CC(=O)O. The van der Waals surface area contributed by atoms with Crippen LogP contribution in [-0.4, -0.2) is 11.1 Å². The van der Waals surface area contributed by atoms with Gasteiger partial charge in [0.15, 0.2) is 0 Å². The van der Waals surface area contributed by atoms with Gasteiger partial charge in [-0.15, -0.1) is 0 Å². The van der Waals surface area contributed by atoms with Gasteiger partial charge in [-0.1, -0.05) is 18.5 Å². The van der Waals surface area contributed by atoms with Crippen molar-refractivity contribution >= 4 is 17.6 Å². The number of carboxylic acid groups (broad SMARTS) is 1. The van der Waals surface area contributed by atoms with Gasteiger partial charge in [-0.05, 0) is 29.7 Å². The third kappa shape index (κ3) is 2.71. The van der Waals surface area contributed by atoms with E-state index in [2.05, 4.69) is 0 Å². The predicted octanol–water partition coefficient (Wildman–Crippen LogP) is 2.40. The standard InChI is InChI=1S/C11H10ClNO2/c1-2-7-3-9(12)4-8(6-13)10(7)5-11(14)15/h3-4H,2,5H2,1H3,(H,14,15). The molecule has 0 saturated carbocycles. The number of carbonyl (C=O) groups is 1. The molecule has 0 bridgehead atoms. The van der Waals surface area contributed by atoms with Crippen LogP contribution in [0.4, 0.5) is 0 Å². The topological polar surface area (TPSA) is 61.1 Å². The van der Waals surface area contributed by atoms with E-state index >= 15 is 0 Å². The second-order valence-corrected chi connectivity index (χ2v) is 3.56. The number of rotatable bonds is 3. The molecule has 0 unspecified atom stereocenters. The van der Waals surface area contributed by atoms with Gasteiger partial charge in [-0.2, -0.15) is 5.26 Å². The van der Waals surface area contributed by atoms with Crippen LogP contribution in [-0.2, 0) is 17.6 Å². The largest absolute Gasteiger partial charge is 0.481 e. The monoisotopic (exact) mass is 223 g/mol. The lowest BCUT2D eigenvalue weighted by Gasteiger charge is -2.08. The maximum atomic E-state index is 10.6. The van der Waals surface area contributed by atoms with E-state index in [0.717, 1.165) is 5.56 Å². The molecule has 4 heteroatoms. The van der Waals surface area contributed by atoms with E-state index in [1.165, 1.54) is 6.07 Å². The molecule has 3 nitrogen and oxygen atoms in total. The van der Waals surface area contributed by atoms with Crippen LogP contribution in [0.25, 0.3) is 0 Å². The van der Waals surface area contributed by atoms with Crippen LogP contribution in [0.1, 0.15) is 23.6 Å². The molecule has 0 aliphatic rings. The van der Waals surface area contributed by atoms with Gasteiger partial charge in [0.1, 0.15) is 0 Å². The summed E-state index contributed by atoms with van der Waals surface area (Å²) in [6, 6.07) is 5.18. The lowest BCUT2D eigenvalue weighted by atomic mass is 9.97. The second-order valence-electron chi connectivity index (χ2n) is 3.13. The Morgan fingerprint density at radius 1 is 1.60 bits per heavy atom. The molecule has 0 heterocycles. The molecule has 0 amide bonds. The summed E-state index contributed by atoms with van der Waals surface area (Å²) < 4.78 is 0. The van der Waals surface area contributed by atoms with E-state index in [0.29, 0.717) is 22.6 Å². The molecule has 0 radical (unpaired) electrons. The van der Waals surface area contributed by atoms with E-state index < -0.39 is 5.97 Å². The van der Waals surface area contributed by atoms with Crippen molar-refractivity contribution in [3.8, 4) is 6.07 Å².